The largest absolute Gasteiger partial charge is 0.371 e. The molecule has 0 radical (unpaired) electrons. The molecule has 1 N–H and O–H groups in total. The molecule has 0 saturated carbocycles. The van der Waals surface area contributed by atoms with Crippen molar-refractivity contribution in [2.24, 2.45) is 5.92 Å². The van der Waals surface area contributed by atoms with E-state index in [1.807, 2.05) is 0 Å². The summed E-state index contributed by atoms with van der Waals surface area (Å²) in [6, 6.07) is 3.50. The van der Waals surface area contributed by atoms with Crippen molar-refractivity contribution in [2.75, 3.05) is 32.5 Å². The van der Waals surface area contributed by atoms with Crippen molar-refractivity contribution < 1.29 is 17.9 Å². The highest BCUT2D eigenvalue weighted by atomic mass is 32.2. The van der Waals surface area contributed by atoms with Crippen molar-refractivity contribution in [2.45, 2.75) is 18.6 Å². The number of morpholine rings is 1. The van der Waals surface area contributed by atoms with Gasteiger partial charge >= 0.3 is 0 Å². The van der Waals surface area contributed by atoms with Gasteiger partial charge in [0.05, 0.1) is 30.0 Å². The number of fused-ring (bicyclic) bond motifs is 2. The van der Waals surface area contributed by atoms with E-state index >= 15 is 0 Å². The molecule has 0 aromatic carbocycles. The second-order valence-corrected chi connectivity index (χ2v) is 8.12. The Kier molecular flexibility index (Phi) is 4.37. The van der Waals surface area contributed by atoms with Gasteiger partial charge < -0.3 is 10.1 Å². The molecule has 1 aromatic rings. The van der Waals surface area contributed by atoms with Gasteiger partial charge in [0.15, 0.2) is 0 Å². The van der Waals surface area contributed by atoms with E-state index < -0.39 is 16.3 Å². The second-order valence-electron chi connectivity index (χ2n) is 5.98. The topological polar surface area (TPSA) is 91.8 Å². The average Bonchev–Trinajstić information content (AvgIpc) is 2.82. The maximum absolute atomic E-state index is 12.5. The van der Waals surface area contributed by atoms with E-state index in [1.54, 1.807) is 24.5 Å². The fourth-order valence-corrected chi connectivity index (χ4v) is 4.14. The third kappa shape index (κ3) is 3.23. The Labute approximate surface area is 135 Å². The molecule has 23 heavy (non-hydrogen) atoms. The molecule has 1 aromatic heterocycles. The predicted octanol–water partition coefficient (Wildman–Crippen LogP) is -0.0842. The van der Waals surface area contributed by atoms with E-state index in [2.05, 4.69) is 10.3 Å². The summed E-state index contributed by atoms with van der Waals surface area (Å²) in [6.45, 7) is 0.482. The number of rotatable bonds is 4. The number of carbonyl (C=O) groups is 1. The van der Waals surface area contributed by atoms with Gasteiger partial charge in [-0.3, -0.25) is 9.78 Å². The number of aromatic nitrogens is 1. The molecule has 0 aliphatic carbocycles. The predicted molar refractivity (Wildman–Crippen MR) is 83.8 cm³/mol. The number of pyridine rings is 1. The Balaban J connectivity index is 1.70. The van der Waals surface area contributed by atoms with Crippen molar-refractivity contribution >= 4 is 21.8 Å². The number of ether oxygens (including phenoxy) is 1. The summed E-state index contributed by atoms with van der Waals surface area (Å²) in [6.07, 6.45) is 3.07. The van der Waals surface area contributed by atoms with E-state index in [0.717, 1.165) is 0 Å². The first-order chi connectivity index (χ1) is 10.9. The van der Waals surface area contributed by atoms with Crippen LogP contribution in [0.2, 0.25) is 0 Å². The molecule has 126 valence electrons. The number of carbonyl (C=O) groups excluding carboxylic acids is 1. The second kappa shape index (κ2) is 6.16. The van der Waals surface area contributed by atoms with Crippen molar-refractivity contribution in [1.29, 1.82) is 0 Å². The molecular formula is C14H20N4O4S. The van der Waals surface area contributed by atoms with Gasteiger partial charge in [-0.15, -0.1) is 0 Å². The van der Waals surface area contributed by atoms with E-state index in [4.69, 9.17) is 4.74 Å². The van der Waals surface area contributed by atoms with Gasteiger partial charge in [0.25, 0.3) is 10.2 Å². The van der Waals surface area contributed by atoms with E-state index in [0.29, 0.717) is 12.1 Å². The summed E-state index contributed by atoms with van der Waals surface area (Å²) in [7, 11) is -0.490. The molecule has 2 aliphatic heterocycles. The number of anilines is 1. The smallest absolute Gasteiger partial charge is 0.281 e. The molecule has 9 heteroatoms. The monoisotopic (exact) mass is 340 g/mol. The third-order valence-corrected chi connectivity index (χ3v) is 6.05. The van der Waals surface area contributed by atoms with Crippen LogP contribution in [0.5, 0.6) is 0 Å². The molecule has 8 nitrogen and oxygen atoms in total. The minimum absolute atomic E-state index is 0.158. The first kappa shape index (κ1) is 16.3. The van der Waals surface area contributed by atoms with Crippen LogP contribution in [-0.2, 0) is 19.7 Å². The van der Waals surface area contributed by atoms with Crippen molar-refractivity contribution in [1.82, 2.24) is 13.6 Å². The number of hydrogen-bond acceptors (Lipinski definition) is 5. The lowest BCUT2D eigenvalue weighted by molar-refractivity contribution is -0.122. The van der Waals surface area contributed by atoms with Crippen molar-refractivity contribution in [3.05, 3.63) is 24.5 Å². The highest BCUT2D eigenvalue weighted by Gasteiger charge is 2.47. The Morgan fingerprint density at radius 2 is 2.22 bits per heavy atom. The summed E-state index contributed by atoms with van der Waals surface area (Å²) < 4.78 is 32.9. The Morgan fingerprint density at radius 1 is 1.43 bits per heavy atom. The lowest BCUT2D eigenvalue weighted by atomic mass is 9.99. The van der Waals surface area contributed by atoms with Crippen LogP contribution in [0, 0.1) is 5.92 Å². The fraction of sp³-hybridized carbons (Fsp3) is 0.571. The van der Waals surface area contributed by atoms with Gasteiger partial charge in [0, 0.05) is 33.4 Å². The summed E-state index contributed by atoms with van der Waals surface area (Å²) >= 11 is 0. The summed E-state index contributed by atoms with van der Waals surface area (Å²) in [5.41, 5.74) is 0.622. The number of nitrogens with one attached hydrogen (secondary N) is 1. The first-order valence-corrected chi connectivity index (χ1v) is 8.81. The van der Waals surface area contributed by atoms with Gasteiger partial charge in [-0.05, 0) is 18.6 Å². The van der Waals surface area contributed by atoms with Crippen LogP contribution in [0.25, 0.3) is 0 Å². The van der Waals surface area contributed by atoms with Gasteiger partial charge in [-0.25, -0.2) is 0 Å². The Hall–Kier alpha value is -1.55. The van der Waals surface area contributed by atoms with Crippen molar-refractivity contribution in [3.8, 4) is 0 Å². The highest BCUT2D eigenvalue weighted by molar-refractivity contribution is 7.86. The van der Waals surface area contributed by atoms with Crippen LogP contribution in [0.1, 0.15) is 6.42 Å². The lowest BCUT2D eigenvalue weighted by Crippen LogP contribution is -2.50. The lowest BCUT2D eigenvalue weighted by Gasteiger charge is -2.33. The SMILES string of the molecule is CN(C)S(=O)(=O)N1C[C@@H]2C[C@H](C(=O)Nc3cccnc3)[C@H](C1)O2. The molecule has 0 spiro atoms. The normalized spacial score (nSPS) is 28.0. The standard InChI is InChI=1S/C14H20N4O4S/c1-17(2)23(20,21)18-8-11-6-12(13(9-18)22-11)14(19)16-10-4-3-5-15-7-10/h3-5,7,11-13H,6,8-9H2,1-2H3,(H,16,19)/t11-,12-,13-/m0/s1. The van der Waals surface area contributed by atoms with Crippen LogP contribution in [0.4, 0.5) is 5.69 Å². The summed E-state index contributed by atoms with van der Waals surface area (Å²) in [5.74, 6) is -0.517. The molecule has 3 heterocycles. The van der Waals surface area contributed by atoms with E-state index in [-0.39, 0.29) is 31.0 Å². The molecule has 2 saturated heterocycles. The minimum Gasteiger partial charge on any atom is -0.371 e. The third-order valence-electron chi connectivity index (χ3n) is 4.18. The quantitative estimate of drug-likeness (QED) is 0.827. The molecule has 1 amide bonds. The molecule has 3 atom stereocenters. The van der Waals surface area contributed by atoms with Crippen LogP contribution >= 0.6 is 0 Å². The summed E-state index contributed by atoms with van der Waals surface area (Å²) in [4.78, 5) is 16.4. The molecule has 0 unspecified atom stereocenters. The van der Waals surface area contributed by atoms with Gasteiger partial charge in [-0.1, -0.05) is 0 Å². The van der Waals surface area contributed by atoms with E-state index in [1.165, 1.54) is 22.7 Å². The maximum atomic E-state index is 12.5. The van der Waals surface area contributed by atoms with Gasteiger partial charge in [0.2, 0.25) is 5.91 Å². The number of nitrogens with zero attached hydrogens (tertiary/aromatic N) is 3. The average molecular weight is 340 g/mol. The van der Waals surface area contributed by atoms with Crippen LogP contribution in [0.3, 0.4) is 0 Å². The van der Waals surface area contributed by atoms with Gasteiger partial charge in [-0.2, -0.15) is 17.0 Å². The first-order valence-electron chi connectivity index (χ1n) is 7.42. The zero-order valence-corrected chi connectivity index (χ0v) is 13.9. The molecule has 3 rings (SSSR count). The Bertz CT molecular complexity index is 679. The Morgan fingerprint density at radius 3 is 2.87 bits per heavy atom. The van der Waals surface area contributed by atoms with Crippen LogP contribution in [0.15, 0.2) is 24.5 Å². The van der Waals surface area contributed by atoms with E-state index in [9.17, 15) is 13.2 Å². The molecular weight excluding hydrogens is 320 g/mol. The zero-order valence-electron chi connectivity index (χ0n) is 13.0. The van der Waals surface area contributed by atoms with Crippen LogP contribution in [-0.4, -0.2) is 67.3 Å². The maximum Gasteiger partial charge on any atom is 0.281 e. The van der Waals surface area contributed by atoms with Crippen LogP contribution < -0.4 is 5.32 Å². The molecule has 2 fully saturated rings. The highest BCUT2D eigenvalue weighted by Crippen LogP contribution is 2.34. The fourth-order valence-electron chi connectivity index (χ4n) is 2.99. The molecule has 2 aliphatic rings. The summed E-state index contributed by atoms with van der Waals surface area (Å²) in [5, 5.41) is 2.81. The minimum atomic E-state index is -3.49. The number of amides is 1. The number of hydrogen-bond donors (Lipinski definition) is 1. The zero-order chi connectivity index (χ0) is 16.6. The van der Waals surface area contributed by atoms with Crippen molar-refractivity contribution in [3.63, 3.8) is 0 Å². The van der Waals surface area contributed by atoms with Gasteiger partial charge in [0.1, 0.15) is 0 Å². The molecule has 2 bridgehead atoms.